The van der Waals surface area contributed by atoms with Gasteiger partial charge in [0.05, 0.1) is 35.6 Å². The zero-order valence-electron chi connectivity index (χ0n) is 17.8. The van der Waals surface area contributed by atoms with E-state index in [1.807, 2.05) is 31.2 Å². The Bertz CT molecular complexity index is 1390. The van der Waals surface area contributed by atoms with Crippen LogP contribution >= 0.6 is 22.9 Å². The number of hydrogen-bond acceptors (Lipinski definition) is 6. The minimum Gasteiger partial charge on any atom is -0.493 e. The Hall–Kier alpha value is -3.16. The van der Waals surface area contributed by atoms with Crippen LogP contribution in [0.25, 0.3) is 6.08 Å². The van der Waals surface area contributed by atoms with E-state index in [0.717, 1.165) is 11.1 Å². The number of aromatic nitrogens is 1. The molecule has 1 aromatic heterocycles. The third-order valence-corrected chi connectivity index (χ3v) is 6.35. The summed E-state index contributed by atoms with van der Waals surface area (Å²) in [5.74, 6) is 0.170. The minimum atomic E-state index is -0.666. The maximum atomic E-state index is 13.5. The van der Waals surface area contributed by atoms with E-state index in [1.54, 1.807) is 41.8 Å². The average Bonchev–Trinajstić information content (AvgIpc) is 3.09. The molecular weight excluding hydrogens is 448 g/mol. The van der Waals surface area contributed by atoms with Gasteiger partial charge in [0, 0.05) is 10.6 Å². The van der Waals surface area contributed by atoms with Crippen molar-refractivity contribution < 1.29 is 14.3 Å². The third kappa shape index (κ3) is 4.01. The Morgan fingerprint density at radius 2 is 1.94 bits per heavy atom. The summed E-state index contributed by atoms with van der Waals surface area (Å²) >= 11 is 7.34. The number of rotatable bonds is 5. The number of methoxy groups -OCH3 is 1. The number of thiazole rings is 1. The number of nitrogens with zero attached hydrogens (tertiary/aromatic N) is 2. The molecule has 1 aliphatic heterocycles. The Labute approximate surface area is 193 Å². The lowest BCUT2D eigenvalue weighted by atomic mass is 9.96. The molecule has 2 aromatic carbocycles. The van der Waals surface area contributed by atoms with Gasteiger partial charge in [-0.05, 0) is 43.7 Å². The molecule has 164 valence electrons. The summed E-state index contributed by atoms with van der Waals surface area (Å²) in [4.78, 5) is 31.3. The van der Waals surface area contributed by atoms with Crippen LogP contribution in [0, 0.1) is 0 Å². The molecule has 0 bridgehead atoms. The topological polar surface area (TPSA) is 69.9 Å². The van der Waals surface area contributed by atoms with Gasteiger partial charge in [-0.2, -0.15) is 0 Å². The monoisotopic (exact) mass is 468 g/mol. The highest BCUT2D eigenvalue weighted by Crippen LogP contribution is 2.31. The Morgan fingerprint density at radius 1 is 1.22 bits per heavy atom. The molecule has 0 aliphatic carbocycles. The highest BCUT2D eigenvalue weighted by atomic mass is 35.5. The normalized spacial score (nSPS) is 15.9. The lowest BCUT2D eigenvalue weighted by molar-refractivity contribution is -0.136. The maximum Gasteiger partial charge on any atom is 0.338 e. The van der Waals surface area contributed by atoms with Gasteiger partial charge in [0.25, 0.3) is 5.56 Å². The fourth-order valence-corrected chi connectivity index (χ4v) is 4.84. The van der Waals surface area contributed by atoms with E-state index in [9.17, 15) is 9.59 Å². The fourth-order valence-electron chi connectivity index (χ4n) is 3.68. The van der Waals surface area contributed by atoms with Crippen molar-refractivity contribution in [3.63, 3.8) is 0 Å². The number of para-hydroxylation sites is 1. The summed E-state index contributed by atoms with van der Waals surface area (Å²) in [6.07, 6.45) is 1.80. The van der Waals surface area contributed by atoms with E-state index in [-0.39, 0.29) is 5.56 Å². The van der Waals surface area contributed by atoms with E-state index >= 15 is 0 Å². The van der Waals surface area contributed by atoms with Gasteiger partial charge in [-0.3, -0.25) is 9.36 Å². The summed E-state index contributed by atoms with van der Waals surface area (Å²) in [5.41, 5.74) is 2.13. The molecule has 4 rings (SSSR count). The molecule has 0 saturated carbocycles. The standard InChI is InChI=1S/C24H21ClN2O4S/c1-4-31-18-8-6-5-7-16(18)13-19-22(28)27-21(15-9-11-17(25)12-10-15)20(23(29)30-3)14(2)26-24(27)32-19/h5-13,21H,4H2,1-3H3/b19-13+/t21-/m1/s1. The van der Waals surface area contributed by atoms with E-state index in [2.05, 4.69) is 4.99 Å². The molecule has 0 saturated heterocycles. The summed E-state index contributed by atoms with van der Waals surface area (Å²) in [6.45, 7) is 4.18. The number of allylic oxidation sites excluding steroid dienone is 1. The van der Waals surface area contributed by atoms with Crippen molar-refractivity contribution >= 4 is 35.0 Å². The predicted octanol–water partition coefficient (Wildman–Crippen LogP) is 3.46. The number of halogens is 1. The SMILES string of the molecule is CCOc1ccccc1/C=c1/sc2n(c1=O)[C@H](c1ccc(Cl)cc1)C(C(=O)OC)=C(C)N=2. The fraction of sp³-hybridized carbons (Fsp3) is 0.208. The van der Waals surface area contributed by atoms with Gasteiger partial charge in [0.15, 0.2) is 4.80 Å². The molecular formula is C24H21ClN2O4S. The second-order valence-electron chi connectivity index (χ2n) is 7.10. The smallest absolute Gasteiger partial charge is 0.338 e. The van der Waals surface area contributed by atoms with E-state index in [4.69, 9.17) is 21.1 Å². The molecule has 0 unspecified atom stereocenters. The van der Waals surface area contributed by atoms with Crippen LogP contribution in [0.5, 0.6) is 5.75 Å². The second kappa shape index (κ2) is 9.14. The molecule has 0 N–H and O–H groups in total. The third-order valence-electron chi connectivity index (χ3n) is 5.12. The van der Waals surface area contributed by atoms with Crippen molar-refractivity contribution in [3.8, 4) is 5.75 Å². The number of ether oxygens (including phenoxy) is 2. The molecule has 1 atom stereocenters. The molecule has 0 fully saturated rings. The number of hydrogen-bond donors (Lipinski definition) is 0. The van der Waals surface area contributed by atoms with Gasteiger partial charge < -0.3 is 9.47 Å². The minimum absolute atomic E-state index is 0.242. The Kier molecular flexibility index (Phi) is 6.30. The van der Waals surface area contributed by atoms with E-state index in [1.165, 1.54) is 18.4 Å². The molecule has 3 aromatic rings. The highest BCUT2D eigenvalue weighted by Gasteiger charge is 2.33. The van der Waals surface area contributed by atoms with Crippen LogP contribution < -0.4 is 19.6 Å². The molecule has 32 heavy (non-hydrogen) atoms. The largest absolute Gasteiger partial charge is 0.493 e. The molecule has 0 radical (unpaired) electrons. The van der Waals surface area contributed by atoms with Crippen LogP contribution in [-0.4, -0.2) is 24.3 Å². The van der Waals surface area contributed by atoms with Gasteiger partial charge in [0.1, 0.15) is 5.75 Å². The van der Waals surface area contributed by atoms with Gasteiger partial charge in [0.2, 0.25) is 0 Å². The van der Waals surface area contributed by atoms with Crippen molar-refractivity contribution in [2.24, 2.45) is 4.99 Å². The quantitative estimate of drug-likeness (QED) is 0.538. The van der Waals surface area contributed by atoms with E-state index < -0.39 is 12.0 Å². The number of carbonyl (C=O) groups is 1. The lowest BCUT2D eigenvalue weighted by Crippen LogP contribution is -2.39. The number of carbonyl (C=O) groups excluding carboxylic acids is 1. The first-order valence-electron chi connectivity index (χ1n) is 10.0. The van der Waals surface area contributed by atoms with Crippen molar-refractivity contribution in [1.82, 2.24) is 4.57 Å². The van der Waals surface area contributed by atoms with Gasteiger partial charge in [-0.25, -0.2) is 9.79 Å². The number of benzene rings is 2. The van der Waals surface area contributed by atoms with Crippen LogP contribution in [0.3, 0.4) is 0 Å². The van der Waals surface area contributed by atoms with Crippen molar-refractivity contribution in [3.05, 3.63) is 95.6 Å². The van der Waals surface area contributed by atoms with Crippen LogP contribution in [0.4, 0.5) is 0 Å². The van der Waals surface area contributed by atoms with Gasteiger partial charge >= 0.3 is 5.97 Å². The highest BCUT2D eigenvalue weighted by molar-refractivity contribution is 7.07. The van der Waals surface area contributed by atoms with Crippen LogP contribution in [0.1, 0.15) is 31.0 Å². The molecule has 8 heteroatoms. The molecule has 0 amide bonds. The zero-order chi connectivity index (χ0) is 22.8. The maximum absolute atomic E-state index is 13.5. The summed E-state index contributed by atoms with van der Waals surface area (Å²) in [6, 6.07) is 13.9. The Balaban J connectivity index is 1.96. The molecule has 2 heterocycles. The first-order chi connectivity index (χ1) is 15.4. The van der Waals surface area contributed by atoms with Gasteiger partial charge in [-0.15, -0.1) is 0 Å². The summed E-state index contributed by atoms with van der Waals surface area (Å²) < 4.78 is 12.7. The van der Waals surface area contributed by atoms with Crippen molar-refractivity contribution in [2.75, 3.05) is 13.7 Å². The van der Waals surface area contributed by atoms with Crippen LogP contribution in [-0.2, 0) is 9.53 Å². The number of fused-ring (bicyclic) bond motifs is 1. The van der Waals surface area contributed by atoms with Crippen molar-refractivity contribution in [2.45, 2.75) is 19.9 Å². The summed E-state index contributed by atoms with van der Waals surface area (Å²) in [5, 5.41) is 0.564. The van der Waals surface area contributed by atoms with Crippen LogP contribution in [0.15, 0.2) is 69.6 Å². The van der Waals surface area contributed by atoms with E-state index in [0.29, 0.717) is 38.0 Å². The molecule has 6 nitrogen and oxygen atoms in total. The van der Waals surface area contributed by atoms with Crippen molar-refractivity contribution in [1.29, 1.82) is 0 Å². The molecule has 1 aliphatic rings. The first-order valence-corrected chi connectivity index (χ1v) is 11.2. The van der Waals surface area contributed by atoms with Gasteiger partial charge in [-0.1, -0.05) is 53.3 Å². The first kappa shape index (κ1) is 22.0. The number of esters is 1. The van der Waals surface area contributed by atoms with Crippen LogP contribution in [0.2, 0.25) is 5.02 Å². The second-order valence-corrected chi connectivity index (χ2v) is 8.54. The lowest BCUT2D eigenvalue weighted by Gasteiger charge is -2.24. The Morgan fingerprint density at radius 3 is 2.62 bits per heavy atom. The molecule has 0 spiro atoms. The predicted molar refractivity (Wildman–Crippen MR) is 125 cm³/mol. The summed E-state index contributed by atoms with van der Waals surface area (Å²) in [7, 11) is 1.32. The average molecular weight is 469 g/mol. The zero-order valence-corrected chi connectivity index (χ0v) is 19.4.